The van der Waals surface area contributed by atoms with Gasteiger partial charge in [-0.1, -0.05) is 0 Å². The molecule has 0 aliphatic carbocycles. The molecule has 0 bridgehead atoms. The Labute approximate surface area is 41.2 Å². The van der Waals surface area contributed by atoms with Gasteiger partial charge in [-0.2, -0.15) is 0 Å². The smallest absolute Gasteiger partial charge is 0.438 e. The second-order valence-corrected chi connectivity index (χ2v) is 0.743. The van der Waals surface area contributed by atoms with E-state index in [4.69, 9.17) is 5.73 Å². The van der Waals surface area contributed by atoms with Gasteiger partial charge in [0.1, 0.15) is 0 Å². The molecule has 0 rings (SSSR count). The monoisotopic (exact) mass is 104 g/mol. The van der Waals surface area contributed by atoms with Crippen molar-refractivity contribution in [1.29, 1.82) is 0 Å². The molecule has 0 heterocycles. The van der Waals surface area contributed by atoms with Gasteiger partial charge in [-0.3, -0.25) is 0 Å². The number of hydrogen-bond acceptors (Lipinski definition) is 3. The third-order valence-corrected chi connectivity index (χ3v) is 0.357. The van der Waals surface area contributed by atoms with Crippen LogP contribution in [-0.4, -0.2) is 20.0 Å². The average molecular weight is 104 g/mol. The van der Waals surface area contributed by atoms with Gasteiger partial charge in [0.05, 0.1) is 7.11 Å². The van der Waals surface area contributed by atoms with Crippen molar-refractivity contribution in [2.24, 2.45) is 0 Å². The fourth-order valence-electron chi connectivity index (χ4n) is 0.118. The van der Waals surface area contributed by atoms with Crippen LogP contribution in [-0.2, 0) is 9.47 Å². The second kappa shape index (κ2) is 3.42. The Morgan fingerprint density at radius 1 is 1.86 bits per heavy atom. The fraction of sp³-hybridized carbons (Fsp3) is 0.667. The third kappa shape index (κ3) is 3.05. The number of rotatable bonds is 1. The minimum atomic E-state index is -0.810. The van der Waals surface area contributed by atoms with E-state index in [0.29, 0.717) is 0 Å². The van der Waals surface area contributed by atoms with Crippen molar-refractivity contribution in [3.05, 3.63) is 0 Å². The van der Waals surface area contributed by atoms with Crippen LogP contribution in [0.5, 0.6) is 0 Å². The molecule has 0 aromatic rings. The lowest BCUT2D eigenvalue weighted by molar-refractivity contribution is 0.0734. The maximum atomic E-state index is 9.85. The first kappa shape index (κ1) is 6.23. The molecule has 7 heavy (non-hydrogen) atoms. The molecule has 0 fully saturated rings. The van der Waals surface area contributed by atoms with E-state index >= 15 is 0 Å². The highest BCUT2D eigenvalue weighted by molar-refractivity contribution is 5.59. The highest BCUT2D eigenvalue weighted by Crippen LogP contribution is 1.75. The summed E-state index contributed by atoms with van der Waals surface area (Å²) in [7, 11) is 1.19. The molecule has 1 radical (unpaired) electrons. The molecule has 0 aliphatic rings. The van der Waals surface area contributed by atoms with Crippen LogP contribution < -0.4 is 5.73 Å². The summed E-state index contributed by atoms with van der Waals surface area (Å²) in [5.41, 5.74) is 6.31. The summed E-state index contributed by atoms with van der Waals surface area (Å²) in [6, 6.07) is 0. The van der Waals surface area contributed by atoms with Crippen LogP contribution in [0.4, 0.5) is 4.79 Å². The number of carbonyl (C=O) groups excluding carboxylic acids is 1. The van der Waals surface area contributed by atoms with Crippen LogP contribution in [0.15, 0.2) is 0 Å². The van der Waals surface area contributed by atoms with Gasteiger partial charge in [0.2, 0.25) is 0 Å². The molecule has 0 aromatic heterocycles. The van der Waals surface area contributed by atoms with Gasteiger partial charge in [-0.05, 0) is 0 Å². The minimum absolute atomic E-state index is 0.382. The zero-order valence-electron chi connectivity index (χ0n) is 3.93. The van der Waals surface area contributed by atoms with Gasteiger partial charge in [0, 0.05) is 0 Å². The van der Waals surface area contributed by atoms with E-state index in [2.05, 4.69) is 9.47 Å². The number of ether oxygens (including phenoxy) is 2. The van der Waals surface area contributed by atoms with Crippen molar-refractivity contribution in [3.8, 4) is 0 Å². The topological polar surface area (TPSA) is 59.3 Å². The van der Waals surface area contributed by atoms with E-state index in [-0.39, 0.29) is 6.73 Å². The number of hydrogen-bond donors (Lipinski definition) is 0. The Hall–Kier alpha value is -0.770. The van der Waals surface area contributed by atoms with E-state index in [9.17, 15) is 4.79 Å². The molecule has 41 valence electrons. The van der Waals surface area contributed by atoms with Crippen LogP contribution in [0.1, 0.15) is 0 Å². The van der Waals surface area contributed by atoms with Gasteiger partial charge in [-0.15, -0.1) is 0 Å². The number of methoxy groups -OCH3 is 1. The van der Waals surface area contributed by atoms with Crippen molar-refractivity contribution in [1.82, 2.24) is 5.73 Å². The molecule has 0 amide bonds. The summed E-state index contributed by atoms with van der Waals surface area (Å²) >= 11 is 0. The molecular weight excluding hydrogens is 98.0 g/mol. The van der Waals surface area contributed by atoms with E-state index in [1.807, 2.05) is 0 Å². The van der Waals surface area contributed by atoms with Crippen LogP contribution in [0.3, 0.4) is 0 Å². The Kier molecular flexibility index (Phi) is 3.04. The van der Waals surface area contributed by atoms with Crippen molar-refractivity contribution < 1.29 is 14.3 Å². The van der Waals surface area contributed by atoms with E-state index < -0.39 is 6.16 Å². The van der Waals surface area contributed by atoms with Gasteiger partial charge in [0.15, 0.2) is 6.73 Å². The van der Waals surface area contributed by atoms with E-state index in [1.54, 1.807) is 0 Å². The Morgan fingerprint density at radius 2 is 2.43 bits per heavy atom. The van der Waals surface area contributed by atoms with Gasteiger partial charge in [0.25, 0.3) is 0 Å². The zero-order chi connectivity index (χ0) is 5.70. The highest BCUT2D eigenvalue weighted by atomic mass is 16.7. The second-order valence-electron chi connectivity index (χ2n) is 0.743. The Morgan fingerprint density at radius 3 is 2.57 bits per heavy atom. The van der Waals surface area contributed by atoms with E-state index in [1.165, 1.54) is 7.11 Å². The van der Waals surface area contributed by atoms with Crippen LogP contribution in [0.25, 0.3) is 0 Å². The first-order valence-electron chi connectivity index (χ1n) is 1.66. The summed E-state index contributed by atoms with van der Waals surface area (Å²) in [4.78, 5) is 9.85. The molecule has 0 aromatic carbocycles. The predicted molar refractivity (Wildman–Crippen MR) is 21.5 cm³/mol. The van der Waals surface area contributed by atoms with Gasteiger partial charge >= 0.3 is 6.16 Å². The van der Waals surface area contributed by atoms with Crippen molar-refractivity contribution in [3.63, 3.8) is 0 Å². The quantitative estimate of drug-likeness (QED) is 0.440. The maximum Gasteiger partial charge on any atom is 0.509 e. The maximum absolute atomic E-state index is 9.85. The van der Waals surface area contributed by atoms with Crippen molar-refractivity contribution in [2.75, 3.05) is 13.8 Å². The lowest BCUT2D eigenvalue weighted by Crippen LogP contribution is -2.04. The molecule has 4 heteroatoms. The fourth-order valence-corrected chi connectivity index (χ4v) is 0.118. The molecule has 0 atom stereocenters. The molecule has 0 saturated heterocycles. The predicted octanol–water partition coefficient (Wildman–Crippen LogP) is 0.00980. The molecule has 1 N–H and O–H groups in total. The standard InChI is InChI=1S/C3H6NO3/c1-6-3(5)7-2-4/h4H,2H2,1H3. The Bertz CT molecular complexity index is 63.2. The van der Waals surface area contributed by atoms with Gasteiger partial charge < -0.3 is 9.47 Å². The number of carbonyl (C=O) groups is 1. The van der Waals surface area contributed by atoms with Crippen molar-refractivity contribution >= 4 is 6.16 Å². The van der Waals surface area contributed by atoms with Gasteiger partial charge in [-0.25, -0.2) is 10.5 Å². The summed E-state index contributed by atoms with van der Waals surface area (Å²) in [6.45, 7) is -0.382. The van der Waals surface area contributed by atoms with E-state index in [0.717, 1.165) is 0 Å². The largest absolute Gasteiger partial charge is 0.509 e. The lowest BCUT2D eigenvalue weighted by atomic mass is 11.2. The Balaban J connectivity index is 3.00. The summed E-state index contributed by atoms with van der Waals surface area (Å²) in [5.74, 6) is 0. The first-order chi connectivity index (χ1) is 3.31. The molecule has 0 aliphatic heterocycles. The van der Waals surface area contributed by atoms with Crippen LogP contribution >= 0.6 is 0 Å². The van der Waals surface area contributed by atoms with Crippen molar-refractivity contribution in [2.45, 2.75) is 0 Å². The summed E-state index contributed by atoms with van der Waals surface area (Å²) < 4.78 is 8.01. The molecule has 4 nitrogen and oxygen atoms in total. The SMILES string of the molecule is COC(=O)OC[NH]. The lowest BCUT2D eigenvalue weighted by Gasteiger charge is -1.94. The summed E-state index contributed by atoms with van der Waals surface area (Å²) in [6.07, 6.45) is -0.810. The molecular formula is C3H6NO3. The summed E-state index contributed by atoms with van der Waals surface area (Å²) in [5, 5.41) is 0. The average Bonchev–Trinajstić information content (AvgIpc) is 1.68. The van der Waals surface area contributed by atoms with Crippen LogP contribution in [0.2, 0.25) is 0 Å². The molecule has 0 unspecified atom stereocenters. The number of nitrogens with one attached hydrogen (secondary N) is 1. The third-order valence-electron chi connectivity index (χ3n) is 0.357. The zero-order valence-corrected chi connectivity index (χ0v) is 3.93. The minimum Gasteiger partial charge on any atom is -0.438 e. The highest BCUT2D eigenvalue weighted by Gasteiger charge is 1.93. The molecule has 0 spiro atoms. The molecule has 0 saturated carbocycles. The normalized spacial score (nSPS) is 7.71. The first-order valence-corrected chi connectivity index (χ1v) is 1.66. The van der Waals surface area contributed by atoms with Crippen LogP contribution in [0, 0.1) is 0 Å².